The number of para-hydroxylation sites is 1. The first kappa shape index (κ1) is 17.6. The number of amides is 2. The van der Waals surface area contributed by atoms with Gasteiger partial charge >= 0.3 is 6.03 Å². The van der Waals surface area contributed by atoms with Crippen LogP contribution in [0.1, 0.15) is 38.5 Å². The van der Waals surface area contributed by atoms with E-state index in [4.69, 9.17) is 0 Å². The zero-order valence-corrected chi connectivity index (χ0v) is 14.0. The molecule has 128 valence electrons. The van der Waals surface area contributed by atoms with Crippen molar-refractivity contribution in [1.82, 2.24) is 10.6 Å². The Morgan fingerprint density at radius 2 is 1.87 bits per heavy atom. The minimum absolute atomic E-state index is 0.0807. The number of rotatable bonds is 7. The topological polar surface area (TPSA) is 64.6 Å². The van der Waals surface area contributed by atoms with Gasteiger partial charge in [0.1, 0.15) is 0 Å². The van der Waals surface area contributed by atoms with Gasteiger partial charge in [0, 0.05) is 31.9 Å². The van der Waals surface area contributed by atoms with Crippen LogP contribution in [0.2, 0.25) is 0 Å². The summed E-state index contributed by atoms with van der Waals surface area (Å²) in [5.41, 5.74) is 1.22. The molecule has 5 nitrogen and oxygen atoms in total. The first-order valence-electron chi connectivity index (χ1n) is 8.64. The van der Waals surface area contributed by atoms with Crippen molar-refractivity contribution >= 4 is 11.7 Å². The number of unbranched alkanes of at least 4 members (excludes halogenated alkanes) is 1. The van der Waals surface area contributed by atoms with Gasteiger partial charge in [-0.25, -0.2) is 4.79 Å². The molecule has 1 saturated carbocycles. The van der Waals surface area contributed by atoms with E-state index in [1.165, 1.54) is 5.69 Å². The van der Waals surface area contributed by atoms with Crippen molar-refractivity contribution in [2.75, 3.05) is 25.0 Å². The summed E-state index contributed by atoms with van der Waals surface area (Å²) in [7, 11) is 2.09. The van der Waals surface area contributed by atoms with Gasteiger partial charge in [0.15, 0.2) is 0 Å². The summed E-state index contributed by atoms with van der Waals surface area (Å²) in [5, 5.41) is 15.4. The van der Waals surface area contributed by atoms with Crippen LogP contribution < -0.4 is 15.5 Å². The number of hydrogen-bond acceptors (Lipinski definition) is 3. The van der Waals surface area contributed by atoms with Crippen LogP contribution in [-0.4, -0.2) is 43.4 Å². The molecule has 0 atom stereocenters. The van der Waals surface area contributed by atoms with E-state index in [-0.39, 0.29) is 18.2 Å². The highest BCUT2D eigenvalue weighted by atomic mass is 16.3. The van der Waals surface area contributed by atoms with Crippen LogP contribution in [0.5, 0.6) is 0 Å². The lowest BCUT2D eigenvalue weighted by Gasteiger charge is -2.26. The molecule has 1 aromatic carbocycles. The number of carbonyl (C=O) groups excluding carboxylic acids is 1. The van der Waals surface area contributed by atoms with Crippen molar-refractivity contribution in [2.24, 2.45) is 0 Å². The van der Waals surface area contributed by atoms with Crippen LogP contribution in [0, 0.1) is 0 Å². The molecule has 0 unspecified atom stereocenters. The third kappa shape index (κ3) is 6.48. The van der Waals surface area contributed by atoms with Gasteiger partial charge in [0.05, 0.1) is 6.10 Å². The van der Waals surface area contributed by atoms with Crippen LogP contribution in [0.4, 0.5) is 10.5 Å². The second-order valence-corrected chi connectivity index (χ2v) is 6.37. The molecule has 0 aromatic heterocycles. The van der Waals surface area contributed by atoms with Crippen molar-refractivity contribution in [3.8, 4) is 0 Å². The molecule has 1 fully saturated rings. The first-order valence-corrected chi connectivity index (χ1v) is 8.64. The maximum absolute atomic E-state index is 11.8. The molecule has 5 heteroatoms. The summed E-state index contributed by atoms with van der Waals surface area (Å²) in [5.74, 6) is 0. The van der Waals surface area contributed by atoms with Crippen molar-refractivity contribution in [3.63, 3.8) is 0 Å². The molecule has 2 amide bonds. The average molecular weight is 319 g/mol. The third-order valence-electron chi connectivity index (χ3n) is 4.43. The second kappa shape index (κ2) is 9.40. The molecule has 1 aliphatic rings. The number of aliphatic hydroxyl groups excluding tert-OH is 1. The van der Waals surface area contributed by atoms with Gasteiger partial charge in [-0.15, -0.1) is 0 Å². The van der Waals surface area contributed by atoms with Gasteiger partial charge in [0.25, 0.3) is 0 Å². The number of urea groups is 1. The van der Waals surface area contributed by atoms with Gasteiger partial charge in [-0.2, -0.15) is 0 Å². The monoisotopic (exact) mass is 319 g/mol. The minimum atomic E-state index is -0.183. The van der Waals surface area contributed by atoms with Crippen LogP contribution in [0.3, 0.4) is 0 Å². The van der Waals surface area contributed by atoms with E-state index >= 15 is 0 Å². The fourth-order valence-corrected chi connectivity index (χ4v) is 2.94. The van der Waals surface area contributed by atoms with Gasteiger partial charge in [-0.1, -0.05) is 18.2 Å². The van der Waals surface area contributed by atoms with E-state index < -0.39 is 0 Å². The number of anilines is 1. The lowest BCUT2D eigenvalue weighted by molar-refractivity contribution is 0.117. The molecule has 0 bridgehead atoms. The van der Waals surface area contributed by atoms with Gasteiger partial charge in [0.2, 0.25) is 0 Å². The molecule has 0 radical (unpaired) electrons. The maximum atomic E-state index is 11.8. The van der Waals surface area contributed by atoms with E-state index in [1.54, 1.807) is 0 Å². The Hall–Kier alpha value is -1.75. The molecule has 1 aromatic rings. The average Bonchev–Trinajstić information content (AvgIpc) is 2.57. The lowest BCUT2D eigenvalue weighted by Crippen LogP contribution is -2.44. The summed E-state index contributed by atoms with van der Waals surface area (Å²) < 4.78 is 0. The molecule has 0 spiro atoms. The van der Waals surface area contributed by atoms with Crippen molar-refractivity contribution in [1.29, 1.82) is 0 Å². The van der Waals surface area contributed by atoms with Crippen LogP contribution >= 0.6 is 0 Å². The summed E-state index contributed by atoms with van der Waals surface area (Å²) in [4.78, 5) is 14.0. The number of aliphatic hydroxyl groups is 1. The summed E-state index contributed by atoms with van der Waals surface area (Å²) in [6.45, 7) is 1.68. The fraction of sp³-hybridized carbons (Fsp3) is 0.611. The smallest absolute Gasteiger partial charge is 0.315 e. The first-order chi connectivity index (χ1) is 11.1. The number of hydrogen-bond donors (Lipinski definition) is 3. The Morgan fingerprint density at radius 1 is 1.17 bits per heavy atom. The maximum Gasteiger partial charge on any atom is 0.315 e. The van der Waals surface area contributed by atoms with Gasteiger partial charge < -0.3 is 20.6 Å². The SMILES string of the molecule is CN(CCCCNC(=O)NC1CCC(O)CC1)c1ccccc1. The van der Waals surface area contributed by atoms with Crippen LogP contribution in [-0.2, 0) is 0 Å². The summed E-state index contributed by atoms with van der Waals surface area (Å²) >= 11 is 0. The predicted molar refractivity (Wildman–Crippen MR) is 93.7 cm³/mol. The van der Waals surface area contributed by atoms with Crippen LogP contribution in [0.25, 0.3) is 0 Å². The molecule has 23 heavy (non-hydrogen) atoms. The second-order valence-electron chi connectivity index (χ2n) is 6.37. The lowest BCUT2D eigenvalue weighted by atomic mass is 9.93. The zero-order valence-electron chi connectivity index (χ0n) is 14.0. The Balaban J connectivity index is 1.52. The highest BCUT2D eigenvalue weighted by Crippen LogP contribution is 2.18. The van der Waals surface area contributed by atoms with E-state index in [1.807, 2.05) is 18.2 Å². The highest BCUT2D eigenvalue weighted by molar-refractivity contribution is 5.74. The standard InChI is InChI=1S/C18H29N3O2/c1-21(16-7-3-2-4-8-16)14-6-5-13-19-18(23)20-15-9-11-17(22)12-10-15/h2-4,7-8,15,17,22H,5-6,9-14H2,1H3,(H2,19,20,23). The highest BCUT2D eigenvalue weighted by Gasteiger charge is 2.20. The minimum Gasteiger partial charge on any atom is -0.393 e. The summed E-state index contributed by atoms with van der Waals surface area (Å²) in [6.07, 6.45) is 5.15. The van der Waals surface area contributed by atoms with Gasteiger partial charge in [-0.3, -0.25) is 0 Å². The number of carbonyl (C=O) groups is 1. The summed E-state index contributed by atoms with van der Waals surface area (Å²) in [6, 6.07) is 10.4. The molecule has 0 aliphatic heterocycles. The Morgan fingerprint density at radius 3 is 2.57 bits per heavy atom. The molecule has 0 heterocycles. The third-order valence-corrected chi connectivity index (χ3v) is 4.43. The number of nitrogens with one attached hydrogen (secondary N) is 2. The molecule has 1 aliphatic carbocycles. The van der Waals surface area contributed by atoms with Gasteiger partial charge in [-0.05, 0) is 50.7 Å². The predicted octanol–water partition coefficient (Wildman–Crippen LogP) is 2.51. The molecule has 0 saturated heterocycles. The quantitative estimate of drug-likeness (QED) is 0.677. The van der Waals surface area contributed by atoms with Crippen molar-refractivity contribution < 1.29 is 9.90 Å². The van der Waals surface area contributed by atoms with E-state index in [9.17, 15) is 9.90 Å². The van der Waals surface area contributed by atoms with Crippen molar-refractivity contribution in [3.05, 3.63) is 30.3 Å². The van der Waals surface area contributed by atoms with E-state index in [0.29, 0.717) is 6.54 Å². The largest absolute Gasteiger partial charge is 0.393 e. The Bertz CT molecular complexity index is 459. The zero-order chi connectivity index (χ0) is 16.5. The Labute approximate surface area is 139 Å². The molecular formula is C18H29N3O2. The fourth-order valence-electron chi connectivity index (χ4n) is 2.94. The molecular weight excluding hydrogens is 290 g/mol. The van der Waals surface area contributed by atoms with E-state index in [2.05, 4.69) is 34.7 Å². The molecule has 3 N–H and O–H groups in total. The number of benzene rings is 1. The molecule has 2 rings (SSSR count). The van der Waals surface area contributed by atoms with Crippen molar-refractivity contribution in [2.45, 2.75) is 50.7 Å². The van der Waals surface area contributed by atoms with E-state index in [0.717, 1.165) is 45.1 Å². The van der Waals surface area contributed by atoms with Crippen LogP contribution in [0.15, 0.2) is 30.3 Å². The number of nitrogens with zero attached hydrogens (tertiary/aromatic N) is 1. The normalized spacial score (nSPS) is 20.8. The Kier molecular flexibility index (Phi) is 7.20.